The van der Waals surface area contributed by atoms with Gasteiger partial charge in [0.1, 0.15) is 0 Å². The summed E-state index contributed by atoms with van der Waals surface area (Å²) >= 11 is 0. The topological polar surface area (TPSA) is 110 Å². The Morgan fingerprint density at radius 3 is 1.10 bits per heavy atom. The minimum Gasteiger partial charge on any atom is -0.355 e. The van der Waals surface area contributed by atoms with E-state index in [0.717, 1.165) is 38.8 Å². The number of unbranched alkanes of at least 4 members (excludes halogenated alkanes) is 9. The van der Waals surface area contributed by atoms with Crippen molar-refractivity contribution in [3.8, 4) is 0 Å². The highest BCUT2D eigenvalue weighted by Gasteiger charge is 2.14. The number of hydrogen-bond donors (Lipinski definition) is 4. The van der Waals surface area contributed by atoms with Crippen LogP contribution in [0.2, 0.25) is 0 Å². The van der Waals surface area contributed by atoms with Crippen LogP contribution in [-0.4, -0.2) is 37.0 Å². The number of carbonyl (C=O) groups excluding carboxylic acids is 2. The molecule has 0 aliphatic rings. The van der Waals surface area contributed by atoms with Crippen molar-refractivity contribution in [3.63, 3.8) is 0 Å². The predicted molar refractivity (Wildman–Crippen MR) is 127 cm³/mol. The molecule has 30 heavy (non-hydrogen) atoms. The standard InChI is InChI=1S/C24H50N4O2/c1-19(2)17-21(25)23(29)27-15-13-11-9-7-5-6-8-10-12-14-16-28-24(30)22(26)18-20(3)4/h19-22H,5-18,25-26H2,1-4H3,(H,27,29)(H,28,30)/t21-,22-/m0/s1. The fraction of sp³-hybridized carbons (Fsp3) is 0.917. The maximum atomic E-state index is 11.8. The van der Waals surface area contributed by atoms with E-state index in [2.05, 4.69) is 38.3 Å². The lowest BCUT2D eigenvalue weighted by molar-refractivity contribution is -0.123. The van der Waals surface area contributed by atoms with Gasteiger partial charge in [0.2, 0.25) is 11.8 Å². The van der Waals surface area contributed by atoms with E-state index in [1.54, 1.807) is 0 Å². The van der Waals surface area contributed by atoms with Crippen LogP contribution in [-0.2, 0) is 9.59 Å². The molecule has 6 heteroatoms. The van der Waals surface area contributed by atoms with Gasteiger partial charge >= 0.3 is 0 Å². The summed E-state index contributed by atoms with van der Waals surface area (Å²) in [7, 11) is 0. The third-order valence-electron chi connectivity index (χ3n) is 5.33. The van der Waals surface area contributed by atoms with E-state index in [0.29, 0.717) is 11.8 Å². The molecule has 0 saturated heterocycles. The largest absolute Gasteiger partial charge is 0.355 e. The summed E-state index contributed by atoms with van der Waals surface area (Å²) in [6.07, 6.45) is 13.5. The molecule has 178 valence electrons. The van der Waals surface area contributed by atoms with Crippen LogP contribution in [0.5, 0.6) is 0 Å². The average Bonchev–Trinajstić information content (AvgIpc) is 2.66. The van der Waals surface area contributed by atoms with Gasteiger partial charge in [-0.05, 0) is 37.5 Å². The van der Waals surface area contributed by atoms with Crippen molar-refractivity contribution in [3.05, 3.63) is 0 Å². The summed E-state index contributed by atoms with van der Waals surface area (Å²) in [5, 5.41) is 5.89. The molecule has 0 saturated carbocycles. The molecule has 0 aliphatic carbocycles. The fourth-order valence-electron chi connectivity index (χ4n) is 3.58. The van der Waals surface area contributed by atoms with Gasteiger partial charge in [-0.1, -0.05) is 79.1 Å². The molecule has 0 bridgehead atoms. The zero-order valence-corrected chi connectivity index (χ0v) is 20.2. The lowest BCUT2D eigenvalue weighted by atomic mass is 10.0. The van der Waals surface area contributed by atoms with Crippen molar-refractivity contribution in [2.24, 2.45) is 23.3 Å². The number of amides is 2. The Bertz CT molecular complexity index is 401. The first kappa shape index (κ1) is 28.9. The van der Waals surface area contributed by atoms with Crippen molar-refractivity contribution in [2.45, 2.75) is 117 Å². The quantitative estimate of drug-likeness (QED) is 0.235. The Morgan fingerprint density at radius 2 is 0.833 bits per heavy atom. The van der Waals surface area contributed by atoms with Crippen LogP contribution in [0.25, 0.3) is 0 Å². The molecular weight excluding hydrogens is 376 g/mol. The van der Waals surface area contributed by atoms with Crippen LogP contribution in [0.4, 0.5) is 0 Å². The van der Waals surface area contributed by atoms with E-state index >= 15 is 0 Å². The minimum absolute atomic E-state index is 0.0123. The zero-order valence-electron chi connectivity index (χ0n) is 20.2. The summed E-state index contributed by atoms with van der Waals surface area (Å²) < 4.78 is 0. The molecular formula is C24H50N4O2. The first-order chi connectivity index (χ1) is 14.2. The number of rotatable bonds is 19. The summed E-state index contributed by atoms with van der Waals surface area (Å²) in [6.45, 7) is 9.81. The molecule has 2 atom stereocenters. The summed E-state index contributed by atoms with van der Waals surface area (Å²) in [5.41, 5.74) is 11.7. The SMILES string of the molecule is CC(C)C[C@H](N)C(=O)NCCCCCCCCCCCCNC(=O)[C@@H](N)CC(C)C. The summed E-state index contributed by atoms with van der Waals surface area (Å²) in [5.74, 6) is 0.874. The first-order valence-corrected chi connectivity index (χ1v) is 12.3. The van der Waals surface area contributed by atoms with E-state index in [1.807, 2.05) is 0 Å². The van der Waals surface area contributed by atoms with Crippen molar-refractivity contribution >= 4 is 11.8 Å². The Labute approximate surface area is 185 Å². The Hall–Kier alpha value is -1.14. The summed E-state index contributed by atoms with van der Waals surface area (Å²) in [4.78, 5) is 23.6. The lowest BCUT2D eigenvalue weighted by Gasteiger charge is -2.14. The molecule has 0 aromatic rings. The molecule has 0 aromatic carbocycles. The number of nitrogens with two attached hydrogens (primary N) is 2. The van der Waals surface area contributed by atoms with E-state index in [9.17, 15) is 9.59 Å². The molecule has 2 amide bonds. The van der Waals surface area contributed by atoms with Crippen molar-refractivity contribution in [1.82, 2.24) is 10.6 Å². The Balaban J connectivity index is 3.35. The van der Waals surface area contributed by atoms with Gasteiger partial charge in [0.05, 0.1) is 12.1 Å². The van der Waals surface area contributed by atoms with Crippen LogP contribution in [0.3, 0.4) is 0 Å². The lowest BCUT2D eigenvalue weighted by Crippen LogP contribution is -2.41. The summed E-state index contributed by atoms with van der Waals surface area (Å²) in [6, 6.07) is -0.743. The third kappa shape index (κ3) is 17.7. The Morgan fingerprint density at radius 1 is 0.567 bits per heavy atom. The van der Waals surface area contributed by atoms with Crippen molar-refractivity contribution < 1.29 is 9.59 Å². The molecule has 0 aromatic heterocycles. The van der Waals surface area contributed by atoms with E-state index in [4.69, 9.17) is 11.5 Å². The highest BCUT2D eigenvalue weighted by Crippen LogP contribution is 2.10. The van der Waals surface area contributed by atoms with Crippen LogP contribution in [0.15, 0.2) is 0 Å². The Kier molecular flexibility index (Phi) is 17.9. The second kappa shape index (κ2) is 18.6. The van der Waals surface area contributed by atoms with E-state index in [-0.39, 0.29) is 23.9 Å². The first-order valence-electron chi connectivity index (χ1n) is 12.3. The number of hydrogen-bond acceptors (Lipinski definition) is 4. The number of carbonyl (C=O) groups is 2. The van der Waals surface area contributed by atoms with Crippen LogP contribution in [0, 0.1) is 11.8 Å². The predicted octanol–water partition coefficient (Wildman–Crippen LogP) is 3.87. The number of nitrogens with one attached hydrogen (secondary N) is 2. The van der Waals surface area contributed by atoms with E-state index in [1.165, 1.54) is 51.4 Å². The monoisotopic (exact) mass is 426 g/mol. The van der Waals surface area contributed by atoms with Gasteiger partial charge in [0.25, 0.3) is 0 Å². The van der Waals surface area contributed by atoms with Crippen molar-refractivity contribution in [1.29, 1.82) is 0 Å². The molecule has 0 spiro atoms. The van der Waals surface area contributed by atoms with Gasteiger partial charge in [-0.3, -0.25) is 9.59 Å². The van der Waals surface area contributed by atoms with Gasteiger partial charge in [-0.25, -0.2) is 0 Å². The maximum absolute atomic E-state index is 11.8. The maximum Gasteiger partial charge on any atom is 0.236 e. The third-order valence-corrected chi connectivity index (χ3v) is 5.33. The van der Waals surface area contributed by atoms with Gasteiger partial charge in [0.15, 0.2) is 0 Å². The molecule has 6 N–H and O–H groups in total. The molecule has 6 nitrogen and oxygen atoms in total. The highest BCUT2D eigenvalue weighted by molar-refractivity contribution is 5.81. The average molecular weight is 427 g/mol. The van der Waals surface area contributed by atoms with Crippen molar-refractivity contribution in [2.75, 3.05) is 13.1 Å². The highest BCUT2D eigenvalue weighted by atomic mass is 16.2. The van der Waals surface area contributed by atoms with Gasteiger partial charge in [-0.2, -0.15) is 0 Å². The smallest absolute Gasteiger partial charge is 0.236 e. The van der Waals surface area contributed by atoms with Crippen LogP contribution < -0.4 is 22.1 Å². The molecule has 0 rings (SSSR count). The van der Waals surface area contributed by atoms with Gasteiger partial charge in [0, 0.05) is 13.1 Å². The van der Waals surface area contributed by atoms with Crippen LogP contribution >= 0.6 is 0 Å². The molecule has 0 radical (unpaired) electrons. The zero-order chi connectivity index (χ0) is 22.8. The molecule has 0 heterocycles. The normalized spacial score (nSPS) is 13.5. The second-order valence-electron chi connectivity index (χ2n) is 9.59. The second-order valence-corrected chi connectivity index (χ2v) is 9.59. The van der Waals surface area contributed by atoms with Crippen LogP contribution in [0.1, 0.15) is 105 Å². The van der Waals surface area contributed by atoms with Gasteiger partial charge in [-0.15, -0.1) is 0 Å². The van der Waals surface area contributed by atoms with Gasteiger partial charge < -0.3 is 22.1 Å². The molecule has 0 fully saturated rings. The van der Waals surface area contributed by atoms with E-state index < -0.39 is 0 Å². The fourth-order valence-corrected chi connectivity index (χ4v) is 3.58. The minimum atomic E-state index is -0.372. The molecule has 0 aliphatic heterocycles. The molecule has 0 unspecified atom stereocenters.